The molecule has 3 aromatic rings. The topological polar surface area (TPSA) is 89.1 Å². The van der Waals surface area contributed by atoms with Gasteiger partial charge in [-0.15, -0.1) is 0 Å². The molecule has 2 N–H and O–H groups in total. The van der Waals surface area contributed by atoms with E-state index in [0.29, 0.717) is 29.6 Å². The number of hydrogen-bond donors (Lipinski definition) is 2. The summed E-state index contributed by atoms with van der Waals surface area (Å²) in [6.45, 7) is 2.28. The molecule has 0 aliphatic rings. The number of nitrogens with zero attached hydrogens (tertiary/aromatic N) is 2. The highest BCUT2D eigenvalue weighted by Gasteiger charge is 2.15. The standard InChI is InChI=1S/C19H21ClN4O3/c1-4-17(26-2)19(25)23-8-12-5-11-6-14(20)13(7-15(11)24-12)16-9-22-18(27-3)10-21-16/h5-7,9-10,17,24H,4,8H2,1-3H3,(H,23,25). The molecule has 27 heavy (non-hydrogen) atoms. The molecule has 1 aromatic carbocycles. The lowest BCUT2D eigenvalue weighted by molar-refractivity contribution is -0.131. The molecule has 0 saturated carbocycles. The van der Waals surface area contributed by atoms with Gasteiger partial charge < -0.3 is 19.8 Å². The molecule has 0 bridgehead atoms. The number of aromatic amines is 1. The highest BCUT2D eigenvalue weighted by molar-refractivity contribution is 6.34. The fraction of sp³-hybridized carbons (Fsp3) is 0.316. The van der Waals surface area contributed by atoms with E-state index in [-0.39, 0.29) is 5.91 Å². The van der Waals surface area contributed by atoms with Gasteiger partial charge in [-0.3, -0.25) is 4.79 Å². The normalized spacial score (nSPS) is 12.1. The Hall–Kier alpha value is -2.64. The van der Waals surface area contributed by atoms with Crippen molar-refractivity contribution in [1.82, 2.24) is 20.3 Å². The third-order valence-corrected chi connectivity index (χ3v) is 4.59. The number of nitrogens with one attached hydrogen (secondary N) is 2. The molecule has 2 heterocycles. The first kappa shape index (κ1) is 19.1. The van der Waals surface area contributed by atoms with E-state index in [2.05, 4.69) is 20.3 Å². The van der Waals surface area contributed by atoms with Crippen LogP contribution in [0.5, 0.6) is 5.88 Å². The molecule has 0 saturated heterocycles. The van der Waals surface area contributed by atoms with Gasteiger partial charge in [-0.2, -0.15) is 0 Å². The summed E-state index contributed by atoms with van der Waals surface area (Å²) in [6, 6.07) is 5.74. The van der Waals surface area contributed by atoms with E-state index in [9.17, 15) is 4.79 Å². The van der Waals surface area contributed by atoms with Crippen LogP contribution in [-0.4, -0.2) is 41.2 Å². The summed E-state index contributed by atoms with van der Waals surface area (Å²) in [7, 11) is 3.07. The lowest BCUT2D eigenvalue weighted by Crippen LogP contribution is -2.35. The monoisotopic (exact) mass is 388 g/mol. The number of fused-ring (bicyclic) bond motifs is 1. The molecule has 1 unspecified atom stereocenters. The maximum absolute atomic E-state index is 12.0. The minimum atomic E-state index is -0.441. The third-order valence-electron chi connectivity index (χ3n) is 4.28. The minimum absolute atomic E-state index is 0.133. The number of carbonyl (C=O) groups is 1. The number of hydrogen-bond acceptors (Lipinski definition) is 5. The molecule has 7 nitrogen and oxygen atoms in total. The number of ether oxygens (including phenoxy) is 2. The predicted octanol–water partition coefficient (Wildman–Crippen LogP) is 3.33. The van der Waals surface area contributed by atoms with E-state index >= 15 is 0 Å². The van der Waals surface area contributed by atoms with Crippen LogP contribution in [0.15, 0.2) is 30.6 Å². The first-order valence-electron chi connectivity index (χ1n) is 8.53. The van der Waals surface area contributed by atoms with E-state index in [4.69, 9.17) is 21.1 Å². The number of amides is 1. The van der Waals surface area contributed by atoms with Crippen molar-refractivity contribution in [2.24, 2.45) is 0 Å². The number of carbonyl (C=O) groups excluding carboxylic acids is 1. The summed E-state index contributed by atoms with van der Waals surface area (Å²) in [4.78, 5) is 23.8. The van der Waals surface area contributed by atoms with Crippen molar-refractivity contribution in [1.29, 1.82) is 0 Å². The second-order valence-corrected chi connectivity index (χ2v) is 6.42. The molecule has 0 aliphatic carbocycles. The Bertz CT molecular complexity index is 936. The Morgan fingerprint density at radius 2 is 2.07 bits per heavy atom. The van der Waals surface area contributed by atoms with E-state index in [1.165, 1.54) is 14.2 Å². The number of methoxy groups -OCH3 is 2. The summed E-state index contributed by atoms with van der Waals surface area (Å²) >= 11 is 6.43. The zero-order valence-electron chi connectivity index (χ0n) is 15.4. The van der Waals surface area contributed by atoms with Gasteiger partial charge in [0.25, 0.3) is 0 Å². The zero-order valence-corrected chi connectivity index (χ0v) is 16.1. The highest BCUT2D eigenvalue weighted by atomic mass is 35.5. The average molecular weight is 389 g/mol. The van der Waals surface area contributed by atoms with Crippen LogP contribution in [-0.2, 0) is 16.1 Å². The lowest BCUT2D eigenvalue weighted by atomic mass is 10.1. The van der Waals surface area contributed by atoms with Crippen LogP contribution in [0.25, 0.3) is 22.2 Å². The van der Waals surface area contributed by atoms with Gasteiger partial charge in [0.05, 0.1) is 36.8 Å². The van der Waals surface area contributed by atoms with Gasteiger partial charge in [-0.25, -0.2) is 9.97 Å². The van der Waals surface area contributed by atoms with Crippen molar-refractivity contribution >= 4 is 28.4 Å². The van der Waals surface area contributed by atoms with E-state index < -0.39 is 6.10 Å². The maximum atomic E-state index is 12.0. The van der Waals surface area contributed by atoms with Crippen molar-refractivity contribution in [3.8, 4) is 17.1 Å². The molecule has 8 heteroatoms. The van der Waals surface area contributed by atoms with Crippen LogP contribution in [0.1, 0.15) is 19.0 Å². The quantitative estimate of drug-likeness (QED) is 0.648. The molecular formula is C19H21ClN4O3. The second-order valence-electron chi connectivity index (χ2n) is 6.01. The summed E-state index contributed by atoms with van der Waals surface area (Å²) in [5.41, 5.74) is 3.19. The number of benzene rings is 1. The Morgan fingerprint density at radius 3 is 2.70 bits per heavy atom. The molecule has 142 valence electrons. The summed E-state index contributed by atoms with van der Waals surface area (Å²) < 4.78 is 10.2. The van der Waals surface area contributed by atoms with Crippen LogP contribution < -0.4 is 10.1 Å². The van der Waals surface area contributed by atoms with Crippen molar-refractivity contribution in [3.63, 3.8) is 0 Å². The fourth-order valence-corrected chi connectivity index (χ4v) is 3.09. The average Bonchev–Trinajstić information content (AvgIpc) is 3.08. The van der Waals surface area contributed by atoms with Crippen LogP contribution in [0.3, 0.4) is 0 Å². The molecule has 0 spiro atoms. The van der Waals surface area contributed by atoms with E-state index in [1.54, 1.807) is 12.4 Å². The van der Waals surface area contributed by atoms with Crippen LogP contribution in [0.4, 0.5) is 0 Å². The van der Waals surface area contributed by atoms with Gasteiger partial charge >= 0.3 is 0 Å². The van der Waals surface area contributed by atoms with Crippen molar-refractivity contribution in [2.75, 3.05) is 14.2 Å². The van der Waals surface area contributed by atoms with Crippen LogP contribution >= 0.6 is 11.6 Å². The first-order chi connectivity index (χ1) is 13.0. The SMILES string of the molecule is CCC(OC)C(=O)NCc1cc2cc(Cl)c(-c3cnc(OC)cn3)cc2[nH]1. The number of H-pyrrole nitrogens is 1. The Labute approximate surface area is 162 Å². The first-order valence-corrected chi connectivity index (χ1v) is 8.91. The molecule has 0 aliphatic heterocycles. The summed E-state index contributed by atoms with van der Waals surface area (Å²) in [5, 5.41) is 4.39. The number of halogens is 1. The maximum Gasteiger partial charge on any atom is 0.249 e. The predicted molar refractivity (Wildman–Crippen MR) is 104 cm³/mol. The molecule has 0 fully saturated rings. The number of rotatable bonds is 7. The Balaban J connectivity index is 1.82. The zero-order chi connectivity index (χ0) is 19.4. The van der Waals surface area contributed by atoms with Crippen molar-refractivity contribution in [2.45, 2.75) is 26.0 Å². The smallest absolute Gasteiger partial charge is 0.249 e. The lowest BCUT2D eigenvalue weighted by Gasteiger charge is -2.12. The molecular weight excluding hydrogens is 368 g/mol. The molecule has 3 rings (SSSR count). The number of aromatic nitrogens is 3. The van der Waals surface area contributed by atoms with Gasteiger partial charge in [0, 0.05) is 29.3 Å². The Morgan fingerprint density at radius 1 is 1.26 bits per heavy atom. The van der Waals surface area contributed by atoms with Gasteiger partial charge in [-0.1, -0.05) is 18.5 Å². The highest BCUT2D eigenvalue weighted by Crippen LogP contribution is 2.31. The van der Waals surface area contributed by atoms with Gasteiger partial charge in [0.2, 0.25) is 11.8 Å². The molecule has 1 atom stereocenters. The third kappa shape index (κ3) is 4.20. The minimum Gasteiger partial charge on any atom is -0.480 e. The van der Waals surface area contributed by atoms with E-state index in [1.807, 2.05) is 25.1 Å². The second kappa shape index (κ2) is 8.37. The summed E-state index contributed by atoms with van der Waals surface area (Å²) in [6.07, 6.45) is 3.35. The van der Waals surface area contributed by atoms with Crippen LogP contribution in [0.2, 0.25) is 5.02 Å². The largest absolute Gasteiger partial charge is 0.480 e. The van der Waals surface area contributed by atoms with E-state index in [0.717, 1.165) is 22.2 Å². The molecule has 1 amide bonds. The fourth-order valence-electron chi connectivity index (χ4n) is 2.82. The van der Waals surface area contributed by atoms with Gasteiger partial charge in [0.15, 0.2) is 0 Å². The molecule has 0 radical (unpaired) electrons. The van der Waals surface area contributed by atoms with Crippen molar-refractivity contribution in [3.05, 3.63) is 41.3 Å². The van der Waals surface area contributed by atoms with Crippen LogP contribution in [0, 0.1) is 0 Å². The summed E-state index contributed by atoms with van der Waals surface area (Å²) in [5.74, 6) is 0.307. The molecule has 2 aromatic heterocycles. The van der Waals surface area contributed by atoms with Gasteiger partial charge in [-0.05, 0) is 24.6 Å². The van der Waals surface area contributed by atoms with Crippen molar-refractivity contribution < 1.29 is 14.3 Å². The Kier molecular flexibility index (Phi) is 5.93. The van der Waals surface area contributed by atoms with Gasteiger partial charge in [0.1, 0.15) is 6.10 Å².